The number of halogens is 2. The van der Waals surface area contributed by atoms with E-state index in [2.05, 4.69) is 16.0 Å². The number of anilines is 2. The van der Waals surface area contributed by atoms with Gasteiger partial charge in [0.15, 0.2) is 5.76 Å². The van der Waals surface area contributed by atoms with Gasteiger partial charge < -0.3 is 15.2 Å². The minimum atomic E-state index is -3.88. The van der Waals surface area contributed by atoms with E-state index in [1.807, 2.05) is 0 Å². The Labute approximate surface area is 180 Å². The van der Waals surface area contributed by atoms with Crippen LogP contribution >= 0.6 is 11.6 Å². The average Bonchev–Trinajstić information content (AvgIpc) is 2.72. The first kappa shape index (κ1) is 23.1. The summed E-state index contributed by atoms with van der Waals surface area (Å²) >= 11 is 5.68. The number of benzene rings is 2. The first-order valence-corrected chi connectivity index (χ1v) is 10.5. The lowest BCUT2D eigenvalue weighted by Gasteiger charge is -2.12. The molecule has 3 N–H and O–H groups in total. The van der Waals surface area contributed by atoms with Crippen LogP contribution in [0.4, 0.5) is 15.8 Å². The molecule has 0 unspecified atom stereocenters. The number of aliphatic hydroxyl groups excluding tert-OH is 1. The number of nitrogens with one attached hydrogen (secondary N) is 2. The Morgan fingerprint density at radius 1 is 1.27 bits per heavy atom. The zero-order valence-corrected chi connectivity index (χ0v) is 17.8. The number of ether oxygens (including phenoxy) is 1. The largest absolute Gasteiger partial charge is 0.504 e. The molecular formula is C21H20ClFN2O4S. The molecule has 0 bridgehead atoms. The first-order chi connectivity index (χ1) is 14.2. The highest BCUT2D eigenvalue weighted by Crippen LogP contribution is 2.23. The second kappa shape index (κ2) is 10.1. The van der Waals surface area contributed by atoms with E-state index in [4.69, 9.17) is 22.8 Å². The first-order valence-electron chi connectivity index (χ1n) is 8.63. The van der Waals surface area contributed by atoms with Gasteiger partial charge in [0, 0.05) is 17.8 Å². The fraction of sp³-hybridized carbons (Fsp3) is 0.143. The lowest BCUT2D eigenvalue weighted by atomic mass is 10.1. The van der Waals surface area contributed by atoms with Crippen molar-refractivity contribution in [3.05, 3.63) is 76.5 Å². The second-order valence-electron chi connectivity index (χ2n) is 5.95. The molecule has 0 atom stereocenters. The molecular weight excluding hydrogens is 431 g/mol. The van der Waals surface area contributed by atoms with Crippen molar-refractivity contribution in [2.45, 2.75) is 11.8 Å². The Morgan fingerprint density at radius 2 is 1.90 bits per heavy atom. The van der Waals surface area contributed by atoms with Crippen molar-refractivity contribution in [3.8, 4) is 12.3 Å². The van der Waals surface area contributed by atoms with Gasteiger partial charge in [0.25, 0.3) is 10.0 Å². The van der Waals surface area contributed by atoms with Crippen molar-refractivity contribution in [3.63, 3.8) is 0 Å². The summed E-state index contributed by atoms with van der Waals surface area (Å²) < 4.78 is 45.5. The van der Waals surface area contributed by atoms with Crippen molar-refractivity contribution in [1.29, 1.82) is 0 Å². The molecule has 0 aromatic heterocycles. The highest BCUT2D eigenvalue weighted by atomic mass is 35.5. The van der Waals surface area contributed by atoms with E-state index in [9.17, 15) is 17.9 Å². The van der Waals surface area contributed by atoms with Gasteiger partial charge in [-0.1, -0.05) is 17.7 Å². The summed E-state index contributed by atoms with van der Waals surface area (Å²) in [7, 11) is -2.52. The van der Waals surface area contributed by atoms with Crippen LogP contribution in [0.25, 0.3) is 0 Å². The molecule has 0 aliphatic rings. The molecule has 0 aliphatic heterocycles. The summed E-state index contributed by atoms with van der Waals surface area (Å²) in [4.78, 5) is 0.0106. The average molecular weight is 451 g/mol. The van der Waals surface area contributed by atoms with Crippen LogP contribution in [0.3, 0.4) is 0 Å². The Morgan fingerprint density at radius 3 is 2.43 bits per heavy atom. The van der Waals surface area contributed by atoms with Gasteiger partial charge in [-0.3, -0.25) is 4.72 Å². The van der Waals surface area contributed by atoms with Crippen LogP contribution in [-0.4, -0.2) is 27.2 Å². The third-order valence-corrected chi connectivity index (χ3v) is 5.71. The number of allylic oxidation sites excluding steroid dienone is 2. The predicted molar refractivity (Wildman–Crippen MR) is 116 cm³/mol. The normalized spacial score (nSPS) is 12.6. The molecule has 2 aromatic carbocycles. The Balaban J connectivity index is 2.11. The van der Waals surface area contributed by atoms with Crippen LogP contribution in [0, 0.1) is 18.2 Å². The lowest BCUT2D eigenvalue weighted by molar-refractivity contribution is 0.276. The molecule has 2 rings (SSSR count). The van der Waals surface area contributed by atoms with E-state index >= 15 is 0 Å². The van der Waals surface area contributed by atoms with Crippen LogP contribution in [0.1, 0.15) is 6.92 Å². The van der Waals surface area contributed by atoms with Gasteiger partial charge in [0.2, 0.25) is 5.76 Å². The summed E-state index contributed by atoms with van der Waals surface area (Å²) in [5, 5.41) is 13.0. The smallest absolute Gasteiger partial charge is 0.261 e. The number of rotatable bonds is 8. The van der Waals surface area contributed by atoms with E-state index in [1.54, 1.807) is 25.1 Å². The molecule has 0 amide bonds. The molecule has 0 saturated carbocycles. The second-order valence-corrected chi connectivity index (χ2v) is 8.04. The van der Waals surface area contributed by atoms with E-state index in [0.29, 0.717) is 11.3 Å². The van der Waals surface area contributed by atoms with Gasteiger partial charge in [-0.25, -0.2) is 12.8 Å². The SMILES string of the molecule is C#C/C(OC)=C(O)\C(=C/C)CNc1ccc(S(=O)(=O)Nc2ccc(F)c(Cl)c2)cc1. The number of hydrogen-bond donors (Lipinski definition) is 3. The van der Waals surface area contributed by atoms with Gasteiger partial charge in [0.05, 0.1) is 22.7 Å². The fourth-order valence-corrected chi connectivity index (χ4v) is 3.65. The lowest BCUT2D eigenvalue weighted by Crippen LogP contribution is -2.13. The molecule has 0 aliphatic carbocycles. The number of hydrogen-bond acceptors (Lipinski definition) is 5. The zero-order chi connectivity index (χ0) is 22.3. The molecule has 0 heterocycles. The van der Waals surface area contributed by atoms with Crippen molar-refractivity contribution in [2.75, 3.05) is 23.7 Å². The van der Waals surface area contributed by atoms with Crippen molar-refractivity contribution in [1.82, 2.24) is 0 Å². The summed E-state index contributed by atoms with van der Waals surface area (Å²) in [5.74, 6) is 1.46. The Kier molecular flexibility index (Phi) is 7.75. The molecule has 0 fully saturated rings. The van der Waals surface area contributed by atoms with Crippen molar-refractivity contribution < 1.29 is 22.7 Å². The van der Waals surface area contributed by atoms with E-state index in [0.717, 1.165) is 6.07 Å². The van der Waals surface area contributed by atoms with Gasteiger partial charge in [-0.2, -0.15) is 0 Å². The quantitative estimate of drug-likeness (QED) is 0.308. The van der Waals surface area contributed by atoms with E-state index in [-0.39, 0.29) is 33.7 Å². The van der Waals surface area contributed by atoms with Gasteiger partial charge in [0.1, 0.15) is 5.82 Å². The summed E-state index contributed by atoms with van der Waals surface area (Å²) in [6.07, 6.45) is 6.96. The summed E-state index contributed by atoms with van der Waals surface area (Å²) in [6, 6.07) is 9.49. The summed E-state index contributed by atoms with van der Waals surface area (Å²) in [5.41, 5.74) is 1.27. The third-order valence-electron chi connectivity index (χ3n) is 4.02. The fourth-order valence-electron chi connectivity index (χ4n) is 2.42. The Bertz CT molecular complexity index is 1120. The monoisotopic (exact) mass is 450 g/mol. The Hall–Kier alpha value is -3.15. The van der Waals surface area contributed by atoms with Crippen LogP contribution in [0.2, 0.25) is 5.02 Å². The number of sulfonamides is 1. The van der Waals surface area contributed by atoms with Crippen LogP contribution in [-0.2, 0) is 14.8 Å². The molecule has 0 radical (unpaired) electrons. The predicted octanol–water partition coefficient (Wildman–Crippen LogP) is 4.69. The van der Waals surface area contributed by atoms with E-state index < -0.39 is 15.8 Å². The maximum absolute atomic E-state index is 13.2. The zero-order valence-electron chi connectivity index (χ0n) is 16.2. The topological polar surface area (TPSA) is 87.7 Å². The number of aliphatic hydroxyl groups is 1. The molecule has 0 spiro atoms. The molecule has 2 aromatic rings. The number of terminal acetylenes is 1. The van der Waals surface area contributed by atoms with Crippen LogP contribution in [0.15, 0.2) is 70.5 Å². The highest BCUT2D eigenvalue weighted by molar-refractivity contribution is 7.92. The van der Waals surface area contributed by atoms with Crippen molar-refractivity contribution in [2.24, 2.45) is 0 Å². The maximum atomic E-state index is 13.2. The molecule has 158 valence electrons. The van der Waals surface area contributed by atoms with Crippen LogP contribution in [0.5, 0.6) is 0 Å². The standard InChI is InChI=1S/C21H20ClFN2O4S/c1-4-14(21(26)20(5-2)29-3)13-24-15-6-9-17(10-7-15)30(27,28)25-16-8-11-19(23)18(22)12-16/h2,4,6-12,24-26H,13H2,1,3H3/b14-4-,21-20-. The minimum absolute atomic E-state index is 0.0106. The minimum Gasteiger partial charge on any atom is -0.504 e. The molecule has 0 saturated heterocycles. The molecule has 6 nitrogen and oxygen atoms in total. The van der Waals surface area contributed by atoms with Gasteiger partial charge >= 0.3 is 0 Å². The number of methoxy groups -OCH3 is 1. The highest BCUT2D eigenvalue weighted by Gasteiger charge is 2.15. The summed E-state index contributed by atoms with van der Waals surface area (Å²) in [6.45, 7) is 1.97. The van der Waals surface area contributed by atoms with Gasteiger partial charge in [-0.05, 0) is 55.3 Å². The third kappa shape index (κ3) is 5.69. The maximum Gasteiger partial charge on any atom is 0.261 e. The molecule has 9 heteroatoms. The van der Waals surface area contributed by atoms with Gasteiger partial charge in [-0.15, -0.1) is 6.42 Å². The van der Waals surface area contributed by atoms with Crippen LogP contribution < -0.4 is 10.0 Å². The van der Waals surface area contributed by atoms with E-state index in [1.165, 1.54) is 31.4 Å². The van der Waals surface area contributed by atoms with Crippen molar-refractivity contribution >= 4 is 33.0 Å². The molecule has 30 heavy (non-hydrogen) atoms.